The smallest absolute Gasteiger partial charge is 0.394 e. The van der Waals surface area contributed by atoms with Crippen LogP contribution in [-0.4, -0.2) is 31.7 Å². The van der Waals surface area contributed by atoms with Crippen molar-refractivity contribution in [1.29, 1.82) is 0 Å². The highest BCUT2D eigenvalue weighted by Crippen LogP contribution is 2.28. The van der Waals surface area contributed by atoms with Crippen LogP contribution in [-0.2, 0) is 14.3 Å². The van der Waals surface area contributed by atoms with E-state index in [0.717, 1.165) is 14.0 Å². The first-order valence-electron chi connectivity index (χ1n) is 3.68. The van der Waals surface area contributed by atoms with Gasteiger partial charge in [0.25, 0.3) is 0 Å². The largest absolute Gasteiger partial charge is 0.467 e. The first-order valence-corrected chi connectivity index (χ1v) is 3.68. The number of alkyl halides is 3. The van der Waals surface area contributed by atoms with E-state index in [9.17, 15) is 22.8 Å². The molecule has 0 aliphatic heterocycles. The number of hydrogen-bond donors (Lipinski definition) is 1. The van der Waals surface area contributed by atoms with Gasteiger partial charge in [-0.1, -0.05) is 6.92 Å². The quantitative estimate of drug-likeness (QED) is 0.545. The van der Waals surface area contributed by atoms with Gasteiger partial charge in [-0.25, -0.2) is 4.79 Å². The van der Waals surface area contributed by atoms with Gasteiger partial charge in [0.2, 0.25) is 6.41 Å². The monoisotopic (exact) mass is 213 g/mol. The van der Waals surface area contributed by atoms with Crippen LogP contribution in [0.4, 0.5) is 13.2 Å². The molecule has 82 valence electrons. The number of methoxy groups -OCH3 is 1. The maximum atomic E-state index is 12.2. The molecule has 0 rings (SSSR count). The predicted molar refractivity (Wildman–Crippen MR) is 40.2 cm³/mol. The molecule has 0 aromatic heterocycles. The standard InChI is InChI=1S/C7H10F3NO3/c1-4(7(8,9)10)5(11-3-12)6(13)14-2/h3-5H,1-2H3,(H,11,12)/t4-,5-/m1/s1. The van der Waals surface area contributed by atoms with Crippen molar-refractivity contribution in [2.75, 3.05) is 7.11 Å². The highest BCUT2D eigenvalue weighted by atomic mass is 19.4. The van der Waals surface area contributed by atoms with Crippen molar-refractivity contribution < 1.29 is 27.5 Å². The van der Waals surface area contributed by atoms with Crippen LogP contribution in [0.25, 0.3) is 0 Å². The van der Waals surface area contributed by atoms with Crippen LogP contribution in [0, 0.1) is 5.92 Å². The van der Waals surface area contributed by atoms with Crippen LogP contribution in [0.2, 0.25) is 0 Å². The van der Waals surface area contributed by atoms with Gasteiger partial charge in [-0.2, -0.15) is 13.2 Å². The summed E-state index contributed by atoms with van der Waals surface area (Å²) in [5.74, 6) is -3.11. The molecular weight excluding hydrogens is 203 g/mol. The molecule has 4 nitrogen and oxygen atoms in total. The fourth-order valence-corrected chi connectivity index (χ4v) is 0.806. The minimum Gasteiger partial charge on any atom is -0.467 e. The zero-order chi connectivity index (χ0) is 11.4. The van der Waals surface area contributed by atoms with E-state index in [4.69, 9.17) is 0 Å². The van der Waals surface area contributed by atoms with Crippen molar-refractivity contribution in [2.24, 2.45) is 5.92 Å². The van der Waals surface area contributed by atoms with Gasteiger partial charge < -0.3 is 10.1 Å². The maximum Gasteiger partial charge on any atom is 0.394 e. The second-order valence-electron chi connectivity index (χ2n) is 2.62. The van der Waals surface area contributed by atoms with E-state index < -0.39 is 24.1 Å². The SMILES string of the molecule is COC(=O)[C@H](NC=O)[C@@H](C)C(F)(F)F. The molecule has 1 amide bonds. The Hall–Kier alpha value is -1.27. The molecule has 0 radical (unpaired) electrons. The molecule has 0 fully saturated rings. The van der Waals surface area contributed by atoms with Gasteiger partial charge in [-0.15, -0.1) is 0 Å². The lowest BCUT2D eigenvalue weighted by Gasteiger charge is -2.22. The molecule has 0 saturated heterocycles. The number of rotatable bonds is 4. The molecule has 0 aliphatic rings. The lowest BCUT2D eigenvalue weighted by molar-refractivity contribution is -0.186. The summed E-state index contributed by atoms with van der Waals surface area (Å²) >= 11 is 0. The van der Waals surface area contributed by atoms with E-state index in [0.29, 0.717) is 0 Å². The van der Waals surface area contributed by atoms with E-state index >= 15 is 0 Å². The Morgan fingerprint density at radius 1 is 1.50 bits per heavy atom. The van der Waals surface area contributed by atoms with Gasteiger partial charge in [0.15, 0.2) is 0 Å². The van der Waals surface area contributed by atoms with E-state index in [1.54, 1.807) is 5.32 Å². The predicted octanol–water partition coefficient (Wildman–Crippen LogP) is 0.472. The Morgan fingerprint density at radius 2 is 2.00 bits per heavy atom. The molecule has 0 aromatic rings. The van der Waals surface area contributed by atoms with E-state index in [1.165, 1.54) is 0 Å². The van der Waals surface area contributed by atoms with E-state index in [2.05, 4.69) is 4.74 Å². The fourth-order valence-electron chi connectivity index (χ4n) is 0.806. The van der Waals surface area contributed by atoms with E-state index in [-0.39, 0.29) is 6.41 Å². The van der Waals surface area contributed by atoms with Gasteiger partial charge in [0.05, 0.1) is 13.0 Å². The first kappa shape index (κ1) is 12.7. The molecule has 0 bridgehead atoms. The summed E-state index contributed by atoms with van der Waals surface area (Å²) in [6, 6.07) is -1.70. The topological polar surface area (TPSA) is 55.4 Å². The van der Waals surface area contributed by atoms with Gasteiger partial charge in [0.1, 0.15) is 6.04 Å². The third-order valence-electron chi connectivity index (χ3n) is 1.72. The number of esters is 1. The molecule has 7 heteroatoms. The minimum absolute atomic E-state index is 0.0316. The first-order chi connectivity index (χ1) is 6.34. The van der Waals surface area contributed by atoms with Crippen LogP contribution in [0.3, 0.4) is 0 Å². The summed E-state index contributed by atoms with van der Waals surface area (Å²) in [6.07, 6.45) is -4.53. The third-order valence-corrected chi connectivity index (χ3v) is 1.72. The molecular formula is C7H10F3NO3. The van der Waals surface area contributed by atoms with Crippen molar-refractivity contribution in [3.63, 3.8) is 0 Å². The number of halogens is 3. The summed E-state index contributed by atoms with van der Waals surface area (Å²) in [7, 11) is 0.949. The van der Waals surface area contributed by atoms with Gasteiger partial charge in [-0.05, 0) is 0 Å². The molecule has 0 aliphatic carbocycles. The van der Waals surface area contributed by atoms with Crippen molar-refractivity contribution in [3.05, 3.63) is 0 Å². The number of carbonyl (C=O) groups excluding carboxylic acids is 2. The second-order valence-corrected chi connectivity index (χ2v) is 2.62. The molecule has 0 heterocycles. The zero-order valence-electron chi connectivity index (χ0n) is 7.59. The van der Waals surface area contributed by atoms with Gasteiger partial charge in [-0.3, -0.25) is 4.79 Å². The second kappa shape index (κ2) is 4.83. The molecule has 2 atom stereocenters. The third kappa shape index (κ3) is 3.23. The van der Waals surface area contributed by atoms with Crippen molar-refractivity contribution in [3.8, 4) is 0 Å². The molecule has 1 N–H and O–H groups in total. The average Bonchev–Trinajstić information content (AvgIpc) is 2.10. The van der Waals surface area contributed by atoms with E-state index in [1.807, 2.05) is 0 Å². The van der Waals surface area contributed by atoms with Crippen molar-refractivity contribution in [2.45, 2.75) is 19.1 Å². The Kier molecular flexibility index (Phi) is 4.39. The normalized spacial score (nSPS) is 15.5. The van der Waals surface area contributed by atoms with Crippen LogP contribution >= 0.6 is 0 Å². The number of hydrogen-bond acceptors (Lipinski definition) is 3. The minimum atomic E-state index is -4.56. The van der Waals surface area contributed by atoms with Crippen LogP contribution in [0.5, 0.6) is 0 Å². The summed E-state index contributed by atoms with van der Waals surface area (Å²) < 4.78 is 40.6. The van der Waals surface area contributed by atoms with Crippen LogP contribution in [0.15, 0.2) is 0 Å². The number of carbonyl (C=O) groups is 2. The Morgan fingerprint density at radius 3 is 2.29 bits per heavy atom. The summed E-state index contributed by atoms with van der Waals surface area (Å²) in [6.45, 7) is 0.790. The molecule has 0 aromatic carbocycles. The molecule has 0 spiro atoms. The van der Waals surface area contributed by atoms with Gasteiger partial charge >= 0.3 is 12.1 Å². The molecule has 0 unspecified atom stereocenters. The molecule has 14 heavy (non-hydrogen) atoms. The van der Waals surface area contributed by atoms with Gasteiger partial charge in [0, 0.05) is 0 Å². The number of nitrogens with one attached hydrogen (secondary N) is 1. The maximum absolute atomic E-state index is 12.2. The highest BCUT2D eigenvalue weighted by molar-refractivity contribution is 5.78. The lowest BCUT2D eigenvalue weighted by Crippen LogP contribution is -2.47. The lowest BCUT2D eigenvalue weighted by atomic mass is 10.0. The van der Waals surface area contributed by atoms with Crippen molar-refractivity contribution in [1.82, 2.24) is 5.32 Å². The Bertz CT molecular complexity index is 217. The van der Waals surface area contributed by atoms with Crippen molar-refractivity contribution >= 4 is 12.4 Å². The Labute approximate surface area is 78.4 Å². The number of ether oxygens (including phenoxy) is 1. The average molecular weight is 213 g/mol. The van der Waals surface area contributed by atoms with Crippen LogP contribution < -0.4 is 5.32 Å². The fraction of sp³-hybridized carbons (Fsp3) is 0.714. The Balaban J connectivity index is 4.64. The summed E-state index contributed by atoms with van der Waals surface area (Å²) in [5.41, 5.74) is 0. The highest BCUT2D eigenvalue weighted by Gasteiger charge is 2.44. The van der Waals surface area contributed by atoms with Crippen LogP contribution in [0.1, 0.15) is 6.92 Å². The summed E-state index contributed by atoms with van der Waals surface area (Å²) in [4.78, 5) is 20.8. The zero-order valence-corrected chi connectivity index (χ0v) is 7.59. The summed E-state index contributed by atoms with van der Waals surface area (Å²) in [5, 5.41) is 1.76. The number of amides is 1. The molecule has 0 saturated carbocycles.